The lowest BCUT2D eigenvalue weighted by molar-refractivity contribution is 0.297. The fraction of sp³-hybridized carbons (Fsp3) is 0.133. The predicted molar refractivity (Wildman–Crippen MR) is 281 cm³/mol. The van der Waals surface area contributed by atoms with Crippen molar-refractivity contribution in [3.05, 3.63) is 187 Å². The maximum absolute atomic E-state index is 6.59. The van der Waals surface area contributed by atoms with Crippen molar-refractivity contribution in [1.82, 2.24) is 0 Å². The highest BCUT2D eigenvalue weighted by atomic mass is 32.1. The molecule has 5 heterocycles. The number of thiophene rings is 1. The number of hydrogen-bond donors (Lipinski definition) is 0. The number of rotatable bonds is 5. The smallest absolute Gasteiger partial charge is 0.252 e. The Labute approximate surface area is 395 Å². The van der Waals surface area contributed by atoms with E-state index in [0.29, 0.717) is 13.2 Å². The van der Waals surface area contributed by atoms with E-state index < -0.39 is 0 Å². The van der Waals surface area contributed by atoms with Crippen LogP contribution in [0.2, 0.25) is 0 Å². The Balaban J connectivity index is 1.10. The zero-order valence-electron chi connectivity index (χ0n) is 38.0. The predicted octanol–water partition coefficient (Wildman–Crippen LogP) is 14.5. The van der Waals surface area contributed by atoms with E-state index in [-0.39, 0.29) is 12.1 Å². The van der Waals surface area contributed by atoms with Crippen LogP contribution in [0.15, 0.2) is 180 Å². The van der Waals surface area contributed by atoms with Gasteiger partial charge in [0.2, 0.25) is 0 Å². The van der Waals surface area contributed by atoms with Gasteiger partial charge < -0.3 is 23.7 Å². The largest absolute Gasteiger partial charge is 0.490 e. The van der Waals surface area contributed by atoms with Crippen molar-refractivity contribution in [3.63, 3.8) is 0 Å². The van der Waals surface area contributed by atoms with Gasteiger partial charge in [0.1, 0.15) is 11.3 Å². The van der Waals surface area contributed by atoms with Crippen LogP contribution in [0, 0.1) is 6.92 Å². The van der Waals surface area contributed by atoms with Crippen LogP contribution >= 0.6 is 11.3 Å². The summed E-state index contributed by atoms with van der Waals surface area (Å²) in [6.07, 6.45) is 0.831. The number of nitrogens with zero attached hydrogens (tertiary/aromatic N) is 2. The Morgan fingerprint density at radius 2 is 1.28 bits per heavy atom. The van der Waals surface area contributed by atoms with Gasteiger partial charge in [-0.2, -0.15) is 0 Å². The normalized spacial score (nSPS) is 13.9. The number of anilines is 6. The first-order chi connectivity index (χ1) is 32.7. The van der Waals surface area contributed by atoms with Gasteiger partial charge in [0.25, 0.3) is 6.71 Å². The number of benzene rings is 8. The molecule has 0 saturated heterocycles. The Morgan fingerprint density at radius 1 is 0.537 bits per heavy atom. The van der Waals surface area contributed by atoms with E-state index in [9.17, 15) is 0 Å². The molecule has 0 bridgehead atoms. The van der Waals surface area contributed by atoms with E-state index in [1.54, 1.807) is 0 Å². The zero-order valence-corrected chi connectivity index (χ0v) is 38.8. The molecule has 67 heavy (non-hydrogen) atoms. The number of hydrogen-bond acceptors (Lipinski definition) is 6. The van der Waals surface area contributed by atoms with Crippen molar-refractivity contribution >= 4 is 89.6 Å². The molecule has 10 aromatic rings. The van der Waals surface area contributed by atoms with Gasteiger partial charge >= 0.3 is 0 Å². The molecule has 0 radical (unpaired) electrons. The van der Waals surface area contributed by atoms with Crippen LogP contribution in [0.4, 0.5) is 34.1 Å². The van der Waals surface area contributed by atoms with Gasteiger partial charge in [-0.25, -0.2) is 0 Å². The van der Waals surface area contributed by atoms with Crippen molar-refractivity contribution in [2.75, 3.05) is 23.0 Å². The Bertz CT molecular complexity index is 3540. The molecule has 0 amide bonds. The Morgan fingerprint density at radius 3 is 2.09 bits per heavy atom. The summed E-state index contributed by atoms with van der Waals surface area (Å²) < 4.78 is 20.8. The van der Waals surface area contributed by atoms with E-state index in [4.69, 9.17) is 13.9 Å². The molecule has 0 atom stereocenters. The summed E-state index contributed by atoms with van der Waals surface area (Å²) in [6, 6.07) is 64.7. The molecule has 0 saturated carbocycles. The SMILES string of the molecule is Cc1cc2c3c(c1)N(c1cc4c(cc1-c1ccccc1)OCCCO4)c1ccc(C(C)(C)C)cc1B3c1ccc(-c3cc4ccccc4o3)cc1N2c1cccc(-c2cc3ccccc3s2)c1. The molecule has 0 fully saturated rings. The third-order valence-electron chi connectivity index (χ3n) is 13.8. The maximum atomic E-state index is 6.59. The molecule has 0 spiro atoms. The Hall–Kier alpha value is -7.48. The van der Waals surface area contributed by atoms with Gasteiger partial charge in [0.05, 0.1) is 18.9 Å². The van der Waals surface area contributed by atoms with Gasteiger partial charge in [0.15, 0.2) is 11.5 Å². The summed E-state index contributed by atoms with van der Waals surface area (Å²) in [4.78, 5) is 6.28. The Kier molecular flexibility index (Phi) is 9.10. The van der Waals surface area contributed by atoms with Gasteiger partial charge in [-0.1, -0.05) is 124 Å². The topological polar surface area (TPSA) is 38.1 Å². The average Bonchev–Trinajstić information content (AvgIpc) is 3.92. The number of furan rings is 1. The van der Waals surface area contributed by atoms with Crippen molar-refractivity contribution in [3.8, 4) is 44.4 Å². The van der Waals surface area contributed by atoms with Gasteiger partial charge in [-0.05, 0) is 123 Å². The van der Waals surface area contributed by atoms with Crippen molar-refractivity contribution in [2.45, 2.75) is 39.5 Å². The first-order valence-electron chi connectivity index (χ1n) is 23.3. The first kappa shape index (κ1) is 39.9. The van der Waals surface area contributed by atoms with E-state index in [1.807, 2.05) is 23.5 Å². The second-order valence-electron chi connectivity index (χ2n) is 19.2. The van der Waals surface area contributed by atoms with Crippen LogP contribution in [-0.4, -0.2) is 19.9 Å². The van der Waals surface area contributed by atoms with E-state index >= 15 is 0 Å². The molecule has 13 rings (SSSR count). The third kappa shape index (κ3) is 6.58. The average molecular weight is 887 g/mol. The quantitative estimate of drug-likeness (QED) is 0.161. The van der Waals surface area contributed by atoms with Crippen LogP contribution in [0.3, 0.4) is 0 Å². The highest BCUT2D eigenvalue weighted by molar-refractivity contribution is 7.22. The molecule has 8 aromatic carbocycles. The highest BCUT2D eigenvalue weighted by Gasteiger charge is 2.44. The third-order valence-corrected chi connectivity index (χ3v) is 15.0. The van der Waals surface area contributed by atoms with E-state index in [2.05, 4.69) is 201 Å². The lowest BCUT2D eigenvalue weighted by Gasteiger charge is -2.45. The monoisotopic (exact) mass is 886 g/mol. The van der Waals surface area contributed by atoms with E-state index in [0.717, 1.165) is 85.5 Å². The second kappa shape index (κ2) is 15.3. The molecule has 7 heteroatoms. The summed E-state index contributed by atoms with van der Waals surface area (Å²) in [7, 11) is 0. The molecule has 3 aliphatic heterocycles. The minimum Gasteiger partial charge on any atom is -0.490 e. The van der Waals surface area contributed by atoms with E-state index in [1.165, 1.54) is 48.0 Å². The lowest BCUT2D eigenvalue weighted by atomic mass is 9.33. The van der Waals surface area contributed by atoms with Crippen LogP contribution in [0.1, 0.15) is 38.3 Å². The molecule has 324 valence electrons. The molecule has 3 aliphatic rings. The highest BCUT2D eigenvalue weighted by Crippen LogP contribution is 2.51. The van der Waals surface area contributed by atoms with Crippen LogP contribution in [0.5, 0.6) is 11.5 Å². The fourth-order valence-corrected chi connectivity index (χ4v) is 11.6. The summed E-state index contributed by atoms with van der Waals surface area (Å²) in [5.74, 6) is 2.40. The minimum absolute atomic E-state index is 0.0681. The molecule has 5 nitrogen and oxygen atoms in total. The summed E-state index contributed by atoms with van der Waals surface area (Å²) in [5.41, 5.74) is 18.3. The minimum atomic E-state index is -0.0809. The number of aryl methyl sites for hydroxylation is 1. The number of ether oxygens (including phenoxy) is 2. The molecule has 0 aliphatic carbocycles. The van der Waals surface area contributed by atoms with Crippen LogP contribution in [-0.2, 0) is 5.41 Å². The van der Waals surface area contributed by atoms with Crippen LogP contribution < -0.4 is 35.7 Å². The number of para-hydroxylation sites is 1. The maximum Gasteiger partial charge on any atom is 0.252 e. The first-order valence-corrected chi connectivity index (χ1v) is 24.2. The molecule has 2 aromatic heterocycles. The molecular formula is C60H47BN2O3S. The van der Waals surface area contributed by atoms with Gasteiger partial charge in [0, 0.05) is 67.0 Å². The fourth-order valence-electron chi connectivity index (χ4n) is 10.6. The van der Waals surface area contributed by atoms with Gasteiger partial charge in [-0.15, -0.1) is 11.3 Å². The zero-order chi connectivity index (χ0) is 45.0. The summed E-state index contributed by atoms with van der Waals surface area (Å²) in [5, 5.41) is 2.36. The van der Waals surface area contributed by atoms with Crippen molar-refractivity contribution < 1.29 is 13.9 Å². The van der Waals surface area contributed by atoms with Crippen molar-refractivity contribution in [1.29, 1.82) is 0 Å². The lowest BCUT2D eigenvalue weighted by Crippen LogP contribution is -2.61. The second-order valence-corrected chi connectivity index (χ2v) is 20.3. The summed E-state index contributed by atoms with van der Waals surface area (Å²) >= 11 is 1.84. The van der Waals surface area contributed by atoms with Crippen molar-refractivity contribution in [2.24, 2.45) is 0 Å². The summed E-state index contributed by atoms with van der Waals surface area (Å²) in [6.45, 7) is 10.3. The van der Waals surface area contributed by atoms with Crippen LogP contribution in [0.25, 0.3) is 53.9 Å². The molecule has 0 N–H and O–H groups in total. The molecule has 0 unspecified atom stereocenters. The molecular weight excluding hydrogens is 840 g/mol. The number of fused-ring (bicyclic) bond motifs is 7. The van der Waals surface area contributed by atoms with Gasteiger partial charge in [-0.3, -0.25) is 0 Å². The standard InChI is InChI=1S/C60H47BN2O3S/c1-37-28-51-59-52(29-37)63(49-36-56-55(64-26-13-27-65-56)35-45(49)38-14-6-5-7-15-38)48-25-23-43(60(2,3)4)34-47(48)61(59)46-24-22-40(54-32-39-16-8-10-20-53(39)66-54)31-50(46)62(51)44-19-12-18-41(30-44)58-33-42-17-9-11-21-57(42)67-58/h5-12,14-25,28-36H,13,26-27H2,1-4H3.